The first-order valence-electron chi connectivity index (χ1n) is 7.42. The molecule has 2 rings (SSSR count). The molecule has 0 atom stereocenters. The normalized spacial score (nSPS) is 11.4. The summed E-state index contributed by atoms with van der Waals surface area (Å²) < 4.78 is 10.3. The third-order valence-corrected chi connectivity index (χ3v) is 3.24. The molecule has 1 amide bonds. The molecule has 0 bridgehead atoms. The maximum Gasteiger partial charge on any atom is 0.271 e. The number of ether oxygens (including phenoxy) is 2. The fourth-order valence-electron chi connectivity index (χ4n) is 2.05. The highest BCUT2D eigenvalue weighted by Gasteiger charge is 2.08. The summed E-state index contributed by atoms with van der Waals surface area (Å²) in [6.07, 6.45) is 3.58. The molecule has 0 unspecified atom stereocenters. The zero-order chi connectivity index (χ0) is 17.4. The van der Waals surface area contributed by atoms with Gasteiger partial charge in [-0.3, -0.25) is 4.79 Å². The fraction of sp³-hybridized carbons (Fsp3) is 0.158. The molecule has 0 fully saturated rings. The van der Waals surface area contributed by atoms with Crippen molar-refractivity contribution in [2.75, 3.05) is 14.2 Å². The molecule has 2 aromatic rings. The summed E-state index contributed by atoms with van der Waals surface area (Å²) in [7, 11) is 3.07. The number of methoxy groups -OCH3 is 2. The highest BCUT2D eigenvalue weighted by Crippen LogP contribution is 2.22. The van der Waals surface area contributed by atoms with E-state index in [1.807, 2.05) is 43.3 Å². The number of allylic oxidation sites excluding steroid dienone is 1. The minimum absolute atomic E-state index is 0.337. The van der Waals surface area contributed by atoms with Gasteiger partial charge in [0.15, 0.2) is 0 Å². The Morgan fingerprint density at radius 2 is 1.67 bits per heavy atom. The van der Waals surface area contributed by atoms with Crippen molar-refractivity contribution < 1.29 is 14.3 Å². The van der Waals surface area contributed by atoms with Crippen LogP contribution in [0, 0.1) is 0 Å². The standard InChI is InChI=1S/C19H20N2O3/c1-14(9-15-7-5-4-6-8-15)13-20-21-19(22)16-10-17(23-2)12-18(11-16)24-3/h4-13H,1-3H3,(H,21,22)/b14-9+,20-13+. The number of nitrogens with one attached hydrogen (secondary N) is 1. The Balaban J connectivity index is 2.03. The van der Waals surface area contributed by atoms with E-state index in [9.17, 15) is 4.79 Å². The van der Waals surface area contributed by atoms with Crippen LogP contribution in [0.1, 0.15) is 22.8 Å². The van der Waals surface area contributed by atoms with E-state index in [1.165, 1.54) is 14.2 Å². The van der Waals surface area contributed by atoms with Gasteiger partial charge in [-0.25, -0.2) is 5.43 Å². The maximum absolute atomic E-state index is 12.2. The summed E-state index contributed by atoms with van der Waals surface area (Å²) in [6, 6.07) is 14.8. The van der Waals surface area contributed by atoms with E-state index in [2.05, 4.69) is 10.5 Å². The second-order valence-corrected chi connectivity index (χ2v) is 5.10. The Morgan fingerprint density at radius 1 is 1.04 bits per heavy atom. The number of nitrogens with zero attached hydrogens (tertiary/aromatic N) is 1. The van der Waals surface area contributed by atoms with Crippen molar-refractivity contribution in [3.63, 3.8) is 0 Å². The lowest BCUT2D eigenvalue weighted by Gasteiger charge is -2.07. The molecule has 0 saturated heterocycles. The molecule has 0 aliphatic heterocycles. The molecule has 0 saturated carbocycles. The van der Waals surface area contributed by atoms with Crippen molar-refractivity contribution in [3.8, 4) is 11.5 Å². The van der Waals surface area contributed by atoms with E-state index in [0.29, 0.717) is 17.1 Å². The number of hydrazone groups is 1. The van der Waals surface area contributed by atoms with Crippen LogP contribution in [0.25, 0.3) is 6.08 Å². The van der Waals surface area contributed by atoms with Gasteiger partial charge in [-0.05, 0) is 30.2 Å². The summed E-state index contributed by atoms with van der Waals surface area (Å²) in [4.78, 5) is 12.2. The van der Waals surface area contributed by atoms with Crippen molar-refractivity contribution in [1.82, 2.24) is 5.43 Å². The van der Waals surface area contributed by atoms with E-state index in [1.54, 1.807) is 24.4 Å². The number of carbonyl (C=O) groups excluding carboxylic acids is 1. The highest BCUT2D eigenvalue weighted by molar-refractivity contribution is 5.96. The number of carbonyl (C=O) groups is 1. The molecule has 0 radical (unpaired) electrons. The predicted octanol–water partition coefficient (Wildman–Crippen LogP) is 3.52. The second-order valence-electron chi connectivity index (χ2n) is 5.10. The number of hydrogen-bond donors (Lipinski definition) is 1. The summed E-state index contributed by atoms with van der Waals surface area (Å²) >= 11 is 0. The molecular formula is C19H20N2O3. The largest absolute Gasteiger partial charge is 0.497 e. The Labute approximate surface area is 141 Å². The molecule has 2 aromatic carbocycles. The summed E-state index contributed by atoms with van der Waals surface area (Å²) in [6.45, 7) is 1.91. The summed E-state index contributed by atoms with van der Waals surface area (Å²) in [5, 5.41) is 3.98. The Bertz CT molecular complexity index is 730. The molecule has 0 aliphatic rings. The topological polar surface area (TPSA) is 59.9 Å². The molecule has 0 aliphatic carbocycles. The molecular weight excluding hydrogens is 304 g/mol. The number of benzene rings is 2. The zero-order valence-corrected chi connectivity index (χ0v) is 13.9. The molecule has 24 heavy (non-hydrogen) atoms. The Hall–Kier alpha value is -3.08. The third kappa shape index (κ3) is 4.98. The van der Waals surface area contributed by atoms with Gasteiger partial charge in [0.2, 0.25) is 0 Å². The number of amides is 1. The zero-order valence-electron chi connectivity index (χ0n) is 13.9. The molecule has 124 valence electrons. The van der Waals surface area contributed by atoms with Crippen LogP contribution in [0.4, 0.5) is 0 Å². The van der Waals surface area contributed by atoms with E-state index < -0.39 is 0 Å². The molecule has 1 N–H and O–H groups in total. The maximum atomic E-state index is 12.2. The van der Waals surface area contributed by atoms with Gasteiger partial charge in [0.1, 0.15) is 11.5 Å². The number of rotatable bonds is 6. The molecule has 0 aromatic heterocycles. The van der Waals surface area contributed by atoms with Gasteiger partial charge in [-0.1, -0.05) is 36.4 Å². The van der Waals surface area contributed by atoms with Crippen LogP contribution in [0.2, 0.25) is 0 Å². The van der Waals surface area contributed by atoms with Gasteiger partial charge >= 0.3 is 0 Å². The number of hydrogen-bond acceptors (Lipinski definition) is 4. The van der Waals surface area contributed by atoms with Gasteiger partial charge in [0, 0.05) is 11.6 Å². The van der Waals surface area contributed by atoms with Crippen molar-refractivity contribution in [2.45, 2.75) is 6.92 Å². The highest BCUT2D eigenvalue weighted by atomic mass is 16.5. The lowest BCUT2D eigenvalue weighted by atomic mass is 10.1. The van der Waals surface area contributed by atoms with Gasteiger partial charge in [0.25, 0.3) is 5.91 Å². The lowest BCUT2D eigenvalue weighted by molar-refractivity contribution is 0.0954. The van der Waals surface area contributed by atoms with Crippen molar-refractivity contribution >= 4 is 18.2 Å². The van der Waals surface area contributed by atoms with Gasteiger partial charge in [-0.2, -0.15) is 5.10 Å². The summed E-state index contributed by atoms with van der Waals surface area (Å²) in [5.74, 6) is 0.753. The predicted molar refractivity (Wildman–Crippen MR) is 95.6 cm³/mol. The van der Waals surface area contributed by atoms with E-state index in [0.717, 1.165) is 11.1 Å². The average molecular weight is 324 g/mol. The monoisotopic (exact) mass is 324 g/mol. The smallest absolute Gasteiger partial charge is 0.271 e. The van der Waals surface area contributed by atoms with Gasteiger partial charge < -0.3 is 9.47 Å². The Kier molecular flexibility index (Phi) is 6.14. The van der Waals surface area contributed by atoms with Crippen molar-refractivity contribution in [1.29, 1.82) is 0 Å². The third-order valence-electron chi connectivity index (χ3n) is 3.24. The quantitative estimate of drug-likeness (QED) is 0.653. The molecule has 0 spiro atoms. The lowest BCUT2D eigenvalue weighted by Crippen LogP contribution is -2.17. The first-order chi connectivity index (χ1) is 11.6. The SMILES string of the molecule is COc1cc(OC)cc(C(=O)N/N=C/C(C)=C/c2ccccc2)c1. The van der Waals surface area contributed by atoms with Crippen LogP contribution in [-0.4, -0.2) is 26.3 Å². The van der Waals surface area contributed by atoms with E-state index in [-0.39, 0.29) is 5.91 Å². The average Bonchev–Trinajstić information content (AvgIpc) is 2.61. The summed E-state index contributed by atoms with van der Waals surface area (Å²) in [5.41, 5.74) is 4.90. The van der Waals surface area contributed by atoms with Crippen molar-refractivity contribution in [2.24, 2.45) is 5.10 Å². The Morgan fingerprint density at radius 3 is 2.25 bits per heavy atom. The molecule has 5 nitrogen and oxygen atoms in total. The van der Waals surface area contributed by atoms with Crippen molar-refractivity contribution in [3.05, 3.63) is 65.2 Å². The van der Waals surface area contributed by atoms with Crippen LogP contribution in [0.3, 0.4) is 0 Å². The van der Waals surface area contributed by atoms with E-state index in [4.69, 9.17) is 9.47 Å². The van der Waals surface area contributed by atoms with Gasteiger partial charge in [0.05, 0.1) is 20.4 Å². The van der Waals surface area contributed by atoms with Crippen LogP contribution >= 0.6 is 0 Å². The van der Waals surface area contributed by atoms with Crippen LogP contribution < -0.4 is 14.9 Å². The minimum Gasteiger partial charge on any atom is -0.497 e. The first kappa shape index (κ1) is 17.3. The minimum atomic E-state index is -0.337. The van der Waals surface area contributed by atoms with Crippen LogP contribution in [0.5, 0.6) is 11.5 Å². The first-order valence-corrected chi connectivity index (χ1v) is 7.42. The van der Waals surface area contributed by atoms with Crippen LogP contribution in [0.15, 0.2) is 59.2 Å². The fourth-order valence-corrected chi connectivity index (χ4v) is 2.05. The van der Waals surface area contributed by atoms with Gasteiger partial charge in [-0.15, -0.1) is 0 Å². The van der Waals surface area contributed by atoms with Crippen LogP contribution in [-0.2, 0) is 0 Å². The second kappa shape index (κ2) is 8.53. The molecule has 0 heterocycles. The molecule has 5 heteroatoms. The van der Waals surface area contributed by atoms with E-state index >= 15 is 0 Å².